The minimum absolute atomic E-state index is 0.0181. The van der Waals surface area contributed by atoms with Gasteiger partial charge in [0.1, 0.15) is 0 Å². The maximum absolute atomic E-state index is 12.5. The second kappa shape index (κ2) is 3.34. The van der Waals surface area contributed by atoms with Gasteiger partial charge in [-0.25, -0.2) is 0 Å². The van der Waals surface area contributed by atoms with Crippen LogP contribution in [-0.4, -0.2) is 18.0 Å². The summed E-state index contributed by atoms with van der Waals surface area (Å²) < 4.78 is 34.9. The Morgan fingerprint density at radius 2 is 2.00 bits per heavy atom. The lowest BCUT2D eigenvalue weighted by molar-refractivity contribution is 0.0536. The highest BCUT2D eigenvalue weighted by atomic mass is 35.5. The van der Waals surface area contributed by atoms with Gasteiger partial charge in [-0.2, -0.15) is 8.78 Å². The van der Waals surface area contributed by atoms with Crippen LogP contribution in [0.25, 0.3) is 0 Å². The van der Waals surface area contributed by atoms with E-state index in [0.717, 1.165) is 0 Å². The number of benzene rings is 1. The molecule has 0 spiro atoms. The van der Waals surface area contributed by atoms with Crippen LogP contribution in [-0.2, 0) is 0 Å². The SMILES string of the molecule is O=C(c1ccc2c(c1)OCO2)C(F)(F)Cl. The zero-order chi connectivity index (χ0) is 11.1. The molecule has 1 aliphatic rings. The minimum Gasteiger partial charge on any atom is -0.454 e. The zero-order valence-electron chi connectivity index (χ0n) is 7.30. The van der Waals surface area contributed by atoms with Crippen molar-refractivity contribution in [3.8, 4) is 11.5 Å². The molecule has 0 saturated heterocycles. The van der Waals surface area contributed by atoms with Gasteiger partial charge >= 0.3 is 5.38 Å². The van der Waals surface area contributed by atoms with Crippen molar-refractivity contribution in [3.05, 3.63) is 23.8 Å². The molecule has 0 bridgehead atoms. The summed E-state index contributed by atoms with van der Waals surface area (Å²) in [7, 11) is 0. The Balaban J connectivity index is 2.35. The molecule has 0 saturated carbocycles. The molecule has 0 N–H and O–H groups in total. The van der Waals surface area contributed by atoms with Gasteiger partial charge in [-0.15, -0.1) is 0 Å². The van der Waals surface area contributed by atoms with E-state index >= 15 is 0 Å². The summed E-state index contributed by atoms with van der Waals surface area (Å²) in [4.78, 5) is 11.1. The average molecular weight is 235 g/mol. The predicted molar refractivity (Wildman–Crippen MR) is 47.7 cm³/mol. The Kier molecular flexibility index (Phi) is 2.26. The van der Waals surface area contributed by atoms with E-state index < -0.39 is 11.2 Å². The van der Waals surface area contributed by atoms with Gasteiger partial charge in [0.25, 0.3) is 0 Å². The molecule has 0 radical (unpaired) electrons. The van der Waals surface area contributed by atoms with Crippen LogP contribution >= 0.6 is 11.6 Å². The number of hydrogen-bond donors (Lipinski definition) is 0. The lowest BCUT2D eigenvalue weighted by Crippen LogP contribution is -2.21. The smallest absolute Gasteiger partial charge is 0.384 e. The fourth-order valence-corrected chi connectivity index (χ4v) is 1.31. The lowest BCUT2D eigenvalue weighted by atomic mass is 10.1. The zero-order valence-corrected chi connectivity index (χ0v) is 8.05. The number of fused-ring (bicyclic) bond motifs is 1. The number of carbonyl (C=O) groups excluding carboxylic acids is 1. The van der Waals surface area contributed by atoms with Crippen molar-refractivity contribution < 1.29 is 23.0 Å². The maximum Gasteiger partial charge on any atom is 0.384 e. The standard InChI is InChI=1S/C9H5ClF2O3/c10-9(11,12)8(13)5-1-2-6-7(3-5)15-4-14-6/h1-3H,4H2. The Morgan fingerprint density at radius 1 is 1.33 bits per heavy atom. The normalized spacial score (nSPS) is 14.1. The van der Waals surface area contributed by atoms with Crippen LogP contribution in [0, 0.1) is 0 Å². The third-order valence-electron chi connectivity index (χ3n) is 1.89. The van der Waals surface area contributed by atoms with Gasteiger partial charge in [0.2, 0.25) is 12.6 Å². The molecule has 2 rings (SSSR count). The third-order valence-corrected chi connectivity index (χ3v) is 2.06. The summed E-state index contributed by atoms with van der Waals surface area (Å²) in [5.41, 5.74) is -0.209. The van der Waals surface area contributed by atoms with Gasteiger partial charge in [-0.1, -0.05) is 0 Å². The molecular weight excluding hydrogens is 230 g/mol. The molecule has 0 unspecified atom stereocenters. The monoisotopic (exact) mass is 234 g/mol. The number of alkyl halides is 3. The summed E-state index contributed by atoms with van der Waals surface area (Å²) in [6, 6.07) is 3.78. The van der Waals surface area contributed by atoms with Crippen molar-refractivity contribution in [1.82, 2.24) is 0 Å². The number of carbonyl (C=O) groups is 1. The highest BCUT2D eigenvalue weighted by molar-refractivity contribution is 6.35. The molecule has 80 valence electrons. The van der Waals surface area contributed by atoms with E-state index in [1.807, 2.05) is 0 Å². The highest BCUT2D eigenvalue weighted by Crippen LogP contribution is 2.34. The Hall–Kier alpha value is -1.36. The van der Waals surface area contributed by atoms with E-state index in [1.165, 1.54) is 18.2 Å². The molecule has 0 atom stereocenters. The fourth-order valence-electron chi connectivity index (χ4n) is 1.20. The molecule has 15 heavy (non-hydrogen) atoms. The van der Waals surface area contributed by atoms with Crippen LogP contribution in [0.4, 0.5) is 8.78 Å². The molecule has 1 aromatic carbocycles. The van der Waals surface area contributed by atoms with Crippen LogP contribution in [0.15, 0.2) is 18.2 Å². The van der Waals surface area contributed by atoms with Gasteiger partial charge < -0.3 is 9.47 Å². The van der Waals surface area contributed by atoms with Crippen LogP contribution in [0.2, 0.25) is 0 Å². The van der Waals surface area contributed by atoms with E-state index in [4.69, 9.17) is 9.47 Å². The summed E-state index contributed by atoms with van der Waals surface area (Å²) in [5, 5.41) is -3.90. The third kappa shape index (κ3) is 1.87. The van der Waals surface area contributed by atoms with Gasteiger partial charge in [0, 0.05) is 5.56 Å². The fraction of sp³-hybridized carbons (Fsp3) is 0.222. The van der Waals surface area contributed by atoms with Crippen molar-refractivity contribution >= 4 is 17.4 Å². The predicted octanol–water partition coefficient (Wildman–Crippen LogP) is 2.43. The quantitative estimate of drug-likeness (QED) is 0.582. The van der Waals surface area contributed by atoms with E-state index in [0.29, 0.717) is 5.75 Å². The van der Waals surface area contributed by atoms with Gasteiger partial charge in [0.05, 0.1) is 0 Å². The summed E-state index contributed by atoms with van der Waals surface area (Å²) in [6.45, 7) is 0.0181. The van der Waals surface area contributed by atoms with Crippen LogP contribution in [0.1, 0.15) is 10.4 Å². The average Bonchev–Trinajstić information content (AvgIpc) is 2.61. The summed E-state index contributed by atoms with van der Waals surface area (Å²) >= 11 is 4.61. The van der Waals surface area contributed by atoms with Gasteiger partial charge in [0.15, 0.2) is 11.5 Å². The molecule has 6 heteroatoms. The number of Topliss-reactive ketones (excluding diaryl/α,β-unsaturated/α-hetero) is 1. The molecule has 0 fully saturated rings. The molecule has 1 heterocycles. The Bertz CT molecular complexity index is 414. The van der Waals surface area contributed by atoms with E-state index in [-0.39, 0.29) is 18.1 Å². The Morgan fingerprint density at radius 3 is 2.67 bits per heavy atom. The van der Waals surface area contributed by atoms with Gasteiger partial charge in [-0.05, 0) is 29.8 Å². The van der Waals surface area contributed by atoms with E-state index in [9.17, 15) is 13.6 Å². The van der Waals surface area contributed by atoms with Crippen molar-refractivity contribution in [1.29, 1.82) is 0 Å². The lowest BCUT2D eigenvalue weighted by Gasteiger charge is -2.06. The molecule has 1 aliphatic heterocycles. The number of hydrogen-bond acceptors (Lipinski definition) is 3. The number of ketones is 1. The topological polar surface area (TPSA) is 35.5 Å². The van der Waals surface area contributed by atoms with Gasteiger partial charge in [-0.3, -0.25) is 4.79 Å². The second-order valence-corrected chi connectivity index (χ2v) is 3.37. The van der Waals surface area contributed by atoms with Crippen molar-refractivity contribution in [3.63, 3.8) is 0 Å². The minimum atomic E-state index is -3.90. The molecule has 0 aromatic heterocycles. The Labute approximate surface area is 88.5 Å². The molecule has 0 amide bonds. The van der Waals surface area contributed by atoms with E-state index in [2.05, 4.69) is 11.6 Å². The summed E-state index contributed by atoms with van der Waals surface area (Å²) in [6.07, 6.45) is 0. The maximum atomic E-state index is 12.5. The first-order chi connectivity index (χ1) is 6.98. The van der Waals surface area contributed by atoms with Crippen molar-refractivity contribution in [2.45, 2.75) is 5.38 Å². The number of ether oxygens (including phenoxy) is 2. The second-order valence-electron chi connectivity index (χ2n) is 2.89. The molecule has 3 nitrogen and oxygen atoms in total. The molecule has 1 aromatic rings. The highest BCUT2D eigenvalue weighted by Gasteiger charge is 2.37. The molecule has 0 aliphatic carbocycles. The van der Waals surface area contributed by atoms with Crippen molar-refractivity contribution in [2.75, 3.05) is 6.79 Å². The largest absolute Gasteiger partial charge is 0.454 e. The van der Waals surface area contributed by atoms with Crippen molar-refractivity contribution in [2.24, 2.45) is 0 Å². The first-order valence-electron chi connectivity index (χ1n) is 3.99. The van der Waals surface area contributed by atoms with Crippen LogP contribution < -0.4 is 9.47 Å². The first-order valence-corrected chi connectivity index (χ1v) is 4.37. The van der Waals surface area contributed by atoms with Crippen LogP contribution in [0.5, 0.6) is 11.5 Å². The first kappa shape index (κ1) is 10.2. The number of rotatable bonds is 2. The van der Waals surface area contributed by atoms with E-state index in [1.54, 1.807) is 0 Å². The summed E-state index contributed by atoms with van der Waals surface area (Å²) in [5.74, 6) is -0.770. The van der Waals surface area contributed by atoms with Crippen LogP contribution in [0.3, 0.4) is 0 Å². The molecular formula is C9H5ClF2O3. The number of halogens is 3.